The molecular weight excluding hydrogens is 254 g/mol. The molecule has 0 spiro atoms. The summed E-state index contributed by atoms with van der Waals surface area (Å²) in [5.41, 5.74) is 1.49. The number of carbonyl (C=O) groups excluding carboxylic acids is 1. The molecule has 1 atom stereocenters. The molecule has 3 rings (SSSR count). The van der Waals surface area contributed by atoms with Crippen LogP contribution < -0.4 is 10.6 Å². The third kappa shape index (κ3) is 2.58. The summed E-state index contributed by atoms with van der Waals surface area (Å²) in [5, 5.41) is 6.18. The lowest BCUT2D eigenvalue weighted by molar-refractivity contribution is 0.0912. The van der Waals surface area contributed by atoms with Crippen molar-refractivity contribution in [3.63, 3.8) is 0 Å². The van der Waals surface area contributed by atoms with Gasteiger partial charge in [0.25, 0.3) is 5.91 Å². The van der Waals surface area contributed by atoms with Crippen LogP contribution in [0.3, 0.4) is 0 Å². The van der Waals surface area contributed by atoms with E-state index in [2.05, 4.69) is 15.6 Å². The number of amides is 1. The van der Waals surface area contributed by atoms with Gasteiger partial charge in [-0.3, -0.25) is 4.79 Å². The molecule has 2 heterocycles. The van der Waals surface area contributed by atoms with Crippen LogP contribution in [0.2, 0.25) is 0 Å². The maximum absolute atomic E-state index is 12.2. The topological polar surface area (TPSA) is 67.2 Å². The Balaban J connectivity index is 1.80. The highest BCUT2D eigenvalue weighted by atomic mass is 16.4. The van der Waals surface area contributed by atoms with Gasteiger partial charge in [0.2, 0.25) is 11.7 Å². The average molecular weight is 271 g/mol. The fourth-order valence-corrected chi connectivity index (χ4v) is 2.34. The van der Waals surface area contributed by atoms with Gasteiger partial charge in [0, 0.05) is 18.2 Å². The van der Waals surface area contributed by atoms with Crippen molar-refractivity contribution in [2.45, 2.75) is 19.4 Å². The molecule has 20 heavy (non-hydrogen) atoms. The first kappa shape index (κ1) is 12.9. The van der Waals surface area contributed by atoms with Crippen LogP contribution in [0.1, 0.15) is 22.7 Å². The summed E-state index contributed by atoms with van der Waals surface area (Å²) in [6.45, 7) is 3.54. The molecule has 1 saturated heterocycles. The minimum Gasteiger partial charge on any atom is -0.431 e. The zero-order valence-electron chi connectivity index (χ0n) is 11.3. The fraction of sp³-hybridized carbons (Fsp3) is 0.333. The maximum atomic E-state index is 12.2. The number of rotatable bonds is 3. The van der Waals surface area contributed by atoms with E-state index in [0.717, 1.165) is 25.1 Å². The Morgan fingerprint density at radius 2 is 2.20 bits per heavy atom. The van der Waals surface area contributed by atoms with E-state index in [1.165, 1.54) is 0 Å². The summed E-state index contributed by atoms with van der Waals surface area (Å²) < 4.78 is 5.63. The van der Waals surface area contributed by atoms with Crippen molar-refractivity contribution in [3.05, 3.63) is 41.8 Å². The Morgan fingerprint density at radius 1 is 1.40 bits per heavy atom. The molecule has 2 aromatic rings. The molecule has 1 unspecified atom stereocenters. The number of hydrogen-bond acceptors (Lipinski definition) is 4. The number of benzene rings is 1. The van der Waals surface area contributed by atoms with Crippen molar-refractivity contribution < 1.29 is 9.21 Å². The number of nitrogens with zero attached hydrogens (tertiary/aromatic N) is 1. The molecule has 1 aromatic carbocycles. The van der Waals surface area contributed by atoms with Crippen molar-refractivity contribution in [1.82, 2.24) is 15.6 Å². The van der Waals surface area contributed by atoms with Gasteiger partial charge in [-0.2, -0.15) is 0 Å². The lowest BCUT2D eigenvalue weighted by Crippen LogP contribution is -2.36. The minimum absolute atomic E-state index is 0.173. The first-order valence-electron chi connectivity index (χ1n) is 6.78. The molecule has 5 nitrogen and oxygen atoms in total. The van der Waals surface area contributed by atoms with E-state index >= 15 is 0 Å². The molecule has 104 valence electrons. The number of carbonyl (C=O) groups is 1. The molecular formula is C15H17N3O2. The van der Waals surface area contributed by atoms with E-state index in [1.807, 2.05) is 30.3 Å². The lowest BCUT2D eigenvalue weighted by atomic mass is 10.2. The number of oxazole rings is 1. The first-order valence-corrected chi connectivity index (χ1v) is 6.78. The van der Waals surface area contributed by atoms with Crippen molar-refractivity contribution in [2.75, 3.05) is 13.1 Å². The smallest absolute Gasteiger partial charge is 0.289 e. The summed E-state index contributed by atoms with van der Waals surface area (Å²) in [7, 11) is 0. The quantitative estimate of drug-likeness (QED) is 0.892. The number of hydrogen-bond donors (Lipinski definition) is 2. The second kappa shape index (κ2) is 5.46. The Morgan fingerprint density at radius 3 is 2.90 bits per heavy atom. The monoisotopic (exact) mass is 271 g/mol. The molecule has 0 bridgehead atoms. The SMILES string of the molecule is Cc1nc(-c2ccccc2)oc1C(=O)NC1CCNC1. The number of aromatic nitrogens is 1. The molecule has 0 radical (unpaired) electrons. The molecule has 1 amide bonds. The highest BCUT2D eigenvalue weighted by Gasteiger charge is 2.22. The third-order valence-corrected chi connectivity index (χ3v) is 3.42. The predicted molar refractivity (Wildman–Crippen MR) is 75.4 cm³/mol. The standard InChI is InChI=1S/C15H17N3O2/c1-10-13(14(19)18-12-7-8-16-9-12)20-15(17-10)11-5-3-2-4-6-11/h2-6,12,16H,7-9H2,1H3,(H,18,19). The molecule has 1 aliphatic rings. The van der Waals surface area contributed by atoms with E-state index in [1.54, 1.807) is 6.92 Å². The van der Waals surface area contributed by atoms with Crippen molar-refractivity contribution >= 4 is 5.91 Å². The van der Waals surface area contributed by atoms with Crippen molar-refractivity contribution in [1.29, 1.82) is 0 Å². The molecule has 1 aliphatic heterocycles. The molecule has 0 saturated carbocycles. The normalized spacial score (nSPS) is 18.1. The van der Waals surface area contributed by atoms with Gasteiger partial charge in [-0.05, 0) is 32.0 Å². The molecule has 1 aromatic heterocycles. The van der Waals surface area contributed by atoms with Crippen LogP contribution in [0.25, 0.3) is 11.5 Å². The van der Waals surface area contributed by atoms with Gasteiger partial charge >= 0.3 is 0 Å². The molecule has 2 N–H and O–H groups in total. The largest absolute Gasteiger partial charge is 0.431 e. The minimum atomic E-state index is -0.189. The van der Waals surface area contributed by atoms with E-state index in [9.17, 15) is 4.79 Å². The summed E-state index contributed by atoms with van der Waals surface area (Å²) >= 11 is 0. The number of aryl methyl sites for hydroxylation is 1. The Hall–Kier alpha value is -2.14. The zero-order valence-corrected chi connectivity index (χ0v) is 11.3. The van der Waals surface area contributed by atoms with Crippen LogP contribution in [0.4, 0.5) is 0 Å². The highest BCUT2D eigenvalue weighted by molar-refractivity contribution is 5.93. The van der Waals surface area contributed by atoms with Gasteiger partial charge < -0.3 is 15.1 Å². The van der Waals surface area contributed by atoms with Crippen LogP contribution in [-0.4, -0.2) is 30.0 Å². The van der Waals surface area contributed by atoms with Gasteiger partial charge in [-0.25, -0.2) is 4.98 Å². The maximum Gasteiger partial charge on any atom is 0.289 e. The Labute approximate surface area is 117 Å². The Bertz CT molecular complexity index is 601. The van der Waals surface area contributed by atoms with Crippen molar-refractivity contribution in [3.8, 4) is 11.5 Å². The predicted octanol–water partition coefficient (Wildman–Crippen LogP) is 1.74. The van der Waals surface area contributed by atoms with Crippen LogP contribution in [0.15, 0.2) is 34.7 Å². The van der Waals surface area contributed by atoms with Gasteiger partial charge in [0.15, 0.2) is 0 Å². The van der Waals surface area contributed by atoms with Crippen LogP contribution in [0.5, 0.6) is 0 Å². The molecule has 5 heteroatoms. The van der Waals surface area contributed by atoms with Gasteiger partial charge in [-0.15, -0.1) is 0 Å². The zero-order chi connectivity index (χ0) is 13.9. The van der Waals surface area contributed by atoms with Gasteiger partial charge in [0.1, 0.15) is 0 Å². The van der Waals surface area contributed by atoms with E-state index in [0.29, 0.717) is 17.3 Å². The van der Waals surface area contributed by atoms with Crippen molar-refractivity contribution in [2.24, 2.45) is 0 Å². The average Bonchev–Trinajstić information content (AvgIpc) is 3.09. The summed E-state index contributed by atoms with van der Waals surface area (Å²) in [4.78, 5) is 16.5. The fourth-order valence-electron chi connectivity index (χ4n) is 2.34. The summed E-state index contributed by atoms with van der Waals surface area (Å²) in [6, 6.07) is 9.76. The van der Waals surface area contributed by atoms with E-state index in [-0.39, 0.29) is 11.9 Å². The second-order valence-electron chi connectivity index (χ2n) is 4.96. The summed E-state index contributed by atoms with van der Waals surface area (Å²) in [5.74, 6) is 0.597. The van der Waals surface area contributed by atoms with Gasteiger partial charge in [-0.1, -0.05) is 18.2 Å². The first-order chi connectivity index (χ1) is 9.74. The number of nitrogens with one attached hydrogen (secondary N) is 2. The molecule has 0 aliphatic carbocycles. The second-order valence-corrected chi connectivity index (χ2v) is 4.96. The highest BCUT2D eigenvalue weighted by Crippen LogP contribution is 2.21. The molecule has 1 fully saturated rings. The van der Waals surface area contributed by atoms with E-state index in [4.69, 9.17) is 4.42 Å². The summed E-state index contributed by atoms with van der Waals surface area (Å²) in [6.07, 6.45) is 0.949. The van der Waals surface area contributed by atoms with Gasteiger partial charge in [0.05, 0.1) is 5.69 Å². The van der Waals surface area contributed by atoms with Crippen LogP contribution in [-0.2, 0) is 0 Å². The van der Waals surface area contributed by atoms with E-state index < -0.39 is 0 Å². The lowest BCUT2D eigenvalue weighted by Gasteiger charge is -2.09. The third-order valence-electron chi connectivity index (χ3n) is 3.42. The van der Waals surface area contributed by atoms with Crippen LogP contribution in [0, 0.1) is 6.92 Å². The Kier molecular flexibility index (Phi) is 3.52. The van der Waals surface area contributed by atoms with Crippen LogP contribution >= 0.6 is 0 Å².